The number of hydrogen-bond donors (Lipinski definition) is 0. The fourth-order valence-electron chi connectivity index (χ4n) is 1.70. The van der Waals surface area contributed by atoms with Crippen molar-refractivity contribution in [2.75, 3.05) is 7.11 Å². The number of ether oxygens (including phenoxy) is 1. The van der Waals surface area contributed by atoms with Crippen LogP contribution in [0.4, 0.5) is 0 Å². The predicted molar refractivity (Wildman–Crippen MR) is 64.5 cm³/mol. The molecule has 0 N–H and O–H groups in total. The Morgan fingerprint density at radius 2 is 2.28 bits per heavy atom. The van der Waals surface area contributed by atoms with Crippen molar-refractivity contribution < 1.29 is 14.3 Å². The molecule has 18 heavy (non-hydrogen) atoms. The van der Waals surface area contributed by atoms with Crippen molar-refractivity contribution in [3.63, 3.8) is 0 Å². The van der Waals surface area contributed by atoms with Gasteiger partial charge in [0.1, 0.15) is 0 Å². The van der Waals surface area contributed by atoms with E-state index >= 15 is 0 Å². The molecule has 0 atom stereocenters. The van der Waals surface area contributed by atoms with Gasteiger partial charge in [-0.25, -0.2) is 4.79 Å². The number of carbonyl (C=O) groups is 2. The Morgan fingerprint density at radius 1 is 1.44 bits per heavy atom. The maximum atomic E-state index is 11.6. The number of rotatable bonds is 4. The molecular weight excluding hydrogens is 232 g/mol. The summed E-state index contributed by atoms with van der Waals surface area (Å²) in [5, 5.41) is 0. The molecule has 0 unspecified atom stereocenters. The molecule has 5 nitrogen and oxygen atoms in total. The number of aldehydes is 1. The van der Waals surface area contributed by atoms with E-state index in [4.69, 9.17) is 4.74 Å². The molecule has 0 saturated heterocycles. The monoisotopic (exact) mass is 244 g/mol. The summed E-state index contributed by atoms with van der Waals surface area (Å²) in [4.78, 5) is 26.6. The van der Waals surface area contributed by atoms with E-state index in [0.29, 0.717) is 23.5 Å². The Balaban J connectivity index is 2.34. The second-order valence-corrected chi connectivity index (χ2v) is 3.67. The lowest BCUT2D eigenvalue weighted by Crippen LogP contribution is -2.11. The van der Waals surface area contributed by atoms with Gasteiger partial charge in [0.2, 0.25) is 0 Å². The van der Waals surface area contributed by atoms with Gasteiger partial charge < -0.3 is 9.30 Å². The zero-order valence-electron chi connectivity index (χ0n) is 9.87. The highest BCUT2D eigenvalue weighted by molar-refractivity contribution is 5.90. The highest BCUT2D eigenvalue weighted by Gasteiger charge is 2.13. The summed E-state index contributed by atoms with van der Waals surface area (Å²) in [5.41, 5.74) is 1.52. The molecule has 0 amide bonds. The van der Waals surface area contributed by atoms with Crippen molar-refractivity contribution in [2.45, 2.75) is 6.54 Å². The Morgan fingerprint density at radius 3 is 3.00 bits per heavy atom. The highest BCUT2D eigenvalue weighted by Crippen LogP contribution is 2.10. The number of nitrogens with zero attached hydrogens (tertiary/aromatic N) is 2. The van der Waals surface area contributed by atoms with Crippen LogP contribution in [-0.2, 0) is 11.3 Å². The molecule has 0 spiro atoms. The molecule has 2 rings (SSSR count). The molecule has 0 bridgehead atoms. The summed E-state index contributed by atoms with van der Waals surface area (Å²) in [5.74, 6) is -0.432. The van der Waals surface area contributed by atoms with Crippen LogP contribution in [0, 0.1) is 0 Å². The van der Waals surface area contributed by atoms with Gasteiger partial charge in [-0.1, -0.05) is 0 Å². The zero-order chi connectivity index (χ0) is 13.0. The summed E-state index contributed by atoms with van der Waals surface area (Å²) >= 11 is 0. The Kier molecular flexibility index (Phi) is 3.52. The van der Waals surface area contributed by atoms with Crippen LogP contribution in [-0.4, -0.2) is 28.9 Å². The Labute approximate surface area is 104 Å². The van der Waals surface area contributed by atoms with Crippen molar-refractivity contribution in [1.29, 1.82) is 0 Å². The van der Waals surface area contributed by atoms with Gasteiger partial charge in [-0.2, -0.15) is 0 Å². The predicted octanol–water partition coefficient (Wildman–Crippen LogP) is 1.53. The van der Waals surface area contributed by atoms with Crippen LogP contribution in [0.5, 0.6) is 0 Å². The minimum atomic E-state index is -0.432. The van der Waals surface area contributed by atoms with E-state index in [2.05, 4.69) is 4.98 Å². The van der Waals surface area contributed by atoms with Gasteiger partial charge in [-0.3, -0.25) is 9.78 Å². The van der Waals surface area contributed by atoms with E-state index in [1.165, 1.54) is 7.11 Å². The topological polar surface area (TPSA) is 61.2 Å². The lowest BCUT2D eigenvalue weighted by molar-refractivity contribution is 0.0598. The fourth-order valence-corrected chi connectivity index (χ4v) is 1.70. The van der Waals surface area contributed by atoms with Crippen LogP contribution in [0.3, 0.4) is 0 Å². The molecule has 0 aliphatic carbocycles. The number of methoxy groups -OCH3 is 1. The van der Waals surface area contributed by atoms with Crippen molar-refractivity contribution in [1.82, 2.24) is 9.55 Å². The van der Waals surface area contributed by atoms with E-state index in [1.807, 2.05) is 0 Å². The minimum Gasteiger partial charge on any atom is -0.465 e. The largest absolute Gasteiger partial charge is 0.465 e. The number of aromatic nitrogens is 2. The first-order valence-electron chi connectivity index (χ1n) is 5.38. The van der Waals surface area contributed by atoms with Crippen molar-refractivity contribution in [3.05, 3.63) is 53.6 Å². The third-order valence-electron chi connectivity index (χ3n) is 2.60. The van der Waals surface area contributed by atoms with Gasteiger partial charge in [0.25, 0.3) is 0 Å². The first kappa shape index (κ1) is 12.0. The summed E-state index contributed by atoms with van der Waals surface area (Å²) in [6.07, 6.45) is 4.13. The molecule has 2 heterocycles. The Bertz CT molecular complexity index is 575. The second kappa shape index (κ2) is 5.27. The van der Waals surface area contributed by atoms with E-state index in [9.17, 15) is 9.59 Å². The number of carbonyl (C=O) groups excluding carboxylic acids is 2. The van der Waals surface area contributed by atoms with E-state index in [-0.39, 0.29) is 0 Å². The van der Waals surface area contributed by atoms with Crippen LogP contribution >= 0.6 is 0 Å². The zero-order valence-corrected chi connectivity index (χ0v) is 9.87. The molecule has 0 radical (unpaired) electrons. The van der Waals surface area contributed by atoms with Crippen LogP contribution in [0.25, 0.3) is 0 Å². The molecule has 2 aromatic heterocycles. The molecule has 2 aromatic rings. The third kappa shape index (κ3) is 2.29. The van der Waals surface area contributed by atoms with Crippen LogP contribution in [0.15, 0.2) is 36.7 Å². The quantitative estimate of drug-likeness (QED) is 0.604. The van der Waals surface area contributed by atoms with Gasteiger partial charge in [-0.05, 0) is 24.3 Å². The summed E-state index contributed by atoms with van der Waals surface area (Å²) in [6, 6.07) is 6.79. The fraction of sp³-hybridized carbons (Fsp3) is 0.154. The van der Waals surface area contributed by atoms with E-state index in [1.54, 1.807) is 41.2 Å². The maximum absolute atomic E-state index is 11.6. The van der Waals surface area contributed by atoms with Crippen LogP contribution < -0.4 is 0 Å². The first-order chi connectivity index (χ1) is 8.76. The Hall–Kier alpha value is -2.43. The summed E-state index contributed by atoms with van der Waals surface area (Å²) < 4.78 is 6.42. The molecule has 0 saturated carbocycles. The molecule has 92 valence electrons. The van der Waals surface area contributed by atoms with Gasteiger partial charge >= 0.3 is 5.97 Å². The molecular formula is C13H12N2O3. The summed E-state index contributed by atoms with van der Waals surface area (Å²) in [6.45, 7) is 0.354. The smallest absolute Gasteiger partial charge is 0.339 e. The second-order valence-electron chi connectivity index (χ2n) is 3.67. The van der Waals surface area contributed by atoms with E-state index in [0.717, 1.165) is 6.29 Å². The maximum Gasteiger partial charge on any atom is 0.339 e. The third-order valence-corrected chi connectivity index (χ3v) is 2.60. The SMILES string of the molecule is COC(=O)c1cccnc1Cn1cccc1C=O. The number of pyridine rings is 1. The average molecular weight is 244 g/mol. The van der Waals surface area contributed by atoms with Gasteiger partial charge in [0, 0.05) is 12.4 Å². The summed E-state index contributed by atoms with van der Waals surface area (Å²) in [7, 11) is 1.33. The lowest BCUT2D eigenvalue weighted by Gasteiger charge is -2.08. The first-order valence-corrected chi connectivity index (χ1v) is 5.38. The van der Waals surface area contributed by atoms with Crippen LogP contribution in [0.1, 0.15) is 26.5 Å². The van der Waals surface area contributed by atoms with Gasteiger partial charge in [0.05, 0.1) is 30.6 Å². The number of hydrogen-bond acceptors (Lipinski definition) is 4. The van der Waals surface area contributed by atoms with Crippen LogP contribution in [0.2, 0.25) is 0 Å². The molecule has 0 fully saturated rings. The average Bonchev–Trinajstić information content (AvgIpc) is 2.86. The van der Waals surface area contributed by atoms with Gasteiger partial charge in [0.15, 0.2) is 6.29 Å². The van der Waals surface area contributed by atoms with E-state index < -0.39 is 5.97 Å². The number of esters is 1. The van der Waals surface area contributed by atoms with Crippen molar-refractivity contribution in [2.24, 2.45) is 0 Å². The molecule has 5 heteroatoms. The molecule has 0 aliphatic rings. The highest BCUT2D eigenvalue weighted by atomic mass is 16.5. The molecule has 0 aliphatic heterocycles. The normalized spacial score (nSPS) is 10.1. The van der Waals surface area contributed by atoms with Crippen molar-refractivity contribution >= 4 is 12.3 Å². The standard InChI is InChI=1S/C13H12N2O3/c1-18-13(17)11-5-2-6-14-12(11)8-15-7-3-4-10(15)9-16/h2-7,9H,8H2,1H3. The van der Waals surface area contributed by atoms with Gasteiger partial charge in [-0.15, -0.1) is 0 Å². The van der Waals surface area contributed by atoms with Crippen molar-refractivity contribution in [3.8, 4) is 0 Å². The minimum absolute atomic E-state index is 0.354. The lowest BCUT2D eigenvalue weighted by atomic mass is 10.2. The molecule has 0 aromatic carbocycles.